The van der Waals surface area contributed by atoms with E-state index >= 15 is 0 Å². The Labute approximate surface area is 127 Å². The van der Waals surface area contributed by atoms with Crippen LogP contribution in [0.1, 0.15) is 25.3 Å². The Morgan fingerprint density at radius 1 is 1.19 bits per heavy atom. The summed E-state index contributed by atoms with van der Waals surface area (Å²) in [7, 11) is 0. The summed E-state index contributed by atoms with van der Waals surface area (Å²) < 4.78 is 0. The minimum Gasteiger partial charge on any atom is -0.480 e. The summed E-state index contributed by atoms with van der Waals surface area (Å²) in [6.07, 6.45) is 3.27. The van der Waals surface area contributed by atoms with Gasteiger partial charge in [0.15, 0.2) is 0 Å². The van der Waals surface area contributed by atoms with E-state index in [4.69, 9.17) is 5.11 Å². The van der Waals surface area contributed by atoms with Gasteiger partial charge in [0.2, 0.25) is 0 Å². The van der Waals surface area contributed by atoms with Crippen molar-refractivity contribution in [2.24, 2.45) is 0 Å². The number of carboxylic acids is 1. The average molecular weight is 290 g/mol. The SMILES string of the molecule is CCC(Cc1ccccc1)N1CCCN(CC(=O)O)CC1. The van der Waals surface area contributed by atoms with Crippen LogP contribution in [0.5, 0.6) is 0 Å². The van der Waals surface area contributed by atoms with Crippen LogP contribution >= 0.6 is 0 Å². The van der Waals surface area contributed by atoms with Gasteiger partial charge < -0.3 is 5.11 Å². The summed E-state index contributed by atoms with van der Waals surface area (Å²) in [5.41, 5.74) is 1.39. The molecular formula is C17H26N2O2. The number of hydrogen-bond acceptors (Lipinski definition) is 3. The second-order valence-corrected chi connectivity index (χ2v) is 5.81. The molecule has 1 atom stereocenters. The fraction of sp³-hybridized carbons (Fsp3) is 0.588. The van der Waals surface area contributed by atoms with Crippen LogP contribution in [-0.2, 0) is 11.2 Å². The minimum absolute atomic E-state index is 0.170. The lowest BCUT2D eigenvalue weighted by Gasteiger charge is -2.30. The van der Waals surface area contributed by atoms with E-state index in [0.717, 1.165) is 45.4 Å². The van der Waals surface area contributed by atoms with Crippen molar-refractivity contribution in [2.45, 2.75) is 32.2 Å². The Morgan fingerprint density at radius 2 is 1.95 bits per heavy atom. The van der Waals surface area contributed by atoms with E-state index in [1.807, 2.05) is 0 Å². The van der Waals surface area contributed by atoms with Gasteiger partial charge in [0.25, 0.3) is 0 Å². The third-order valence-corrected chi connectivity index (χ3v) is 4.28. The highest BCUT2D eigenvalue weighted by Crippen LogP contribution is 2.15. The molecule has 1 N–H and O–H groups in total. The molecule has 4 heteroatoms. The van der Waals surface area contributed by atoms with Crippen LogP contribution in [0.25, 0.3) is 0 Å². The fourth-order valence-corrected chi connectivity index (χ4v) is 3.12. The molecule has 1 saturated heterocycles. The second-order valence-electron chi connectivity index (χ2n) is 5.81. The van der Waals surface area contributed by atoms with Crippen molar-refractivity contribution in [3.8, 4) is 0 Å². The van der Waals surface area contributed by atoms with E-state index in [1.165, 1.54) is 5.56 Å². The zero-order chi connectivity index (χ0) is 15.1. The number of aliphatic carboxylic acids is 1. The summed E-state index contributed by atoms with van der Waals surface area (Å²) in [4.78, 5) is 15.4. The molecule has 0 bridgehead atoms. The van der Waals surface area contributed by atoms with Crippen LogP contribution in [0.3, 0.4) is 0 Å². The predicted octanol–water partition coefficient (Wildman–Crippen LogP) is 2.10. The number of benzene rings is 1. The molecule has 116 valence electrons. The van der Waals surface area contributed by atoms with E-state index < -0.39 is 5.97 Å². The van der Waals surface area contributed by atoms with Crippen molar-refractivity contribution in [3.05, 3.63) is 35.9 Å². The third kappa shape index (κ3) is 5.14. The van der Waals surface area contributed by atoms with Crippen molar-refractivity contribution >= 4 is 5.97 Å². The molecule has 1 heterocycles. The van der Waals surface area contributed by atoms with Gasteiger partial charge in [-0.3, -0.25) is 14.6 Å². The molecule has 4 nitrogen and oxygen atoms in total. The van der Waals surface area contributed by atoms with Gasteiger partial charge in [-0.05, 0) is 31.4 Å². The van der Waals surface area contributed by atoms with Crippen molar-refractivity contribution in [3.63, 3.8) is 0 Å². The molecule has 0 saturated carbocycles. The predicted molar refractivity (Wildman–Crippen MR) is 84.5 cm³/mol. The molecule has 1 unspecified atom stereocenters. The monoisotopic (exact) mass is 290 g/mol. The molecule has 1 aliphatic rings. The molecule has 1 aromatic rings. The molecule has 0 amide bonds. The summed E-state index contributed by atoms with van der Waals surface area (Å²) in [5.74, 6) is -0.722. The number of nitrogens with zero attached hydrogens (tertiary/aromatic N) is 2. The zero-order valence-electron chi connectivity index (χ0n) is 12.9. The van der Waals surface area contributed by atoms with E-state index in [2.05, 4.69) is 47.1 Å². The van der Waals surface area contributed by atoms with Crippen molar-refractivity contribution in [2.75, 3.05) is 32.7 Å². The highest BCUT2D eigenvalue weighted by atomic mass is 16.4. The van der Waals surface area contributed by atoms with Crippen LogP contribution in [0.15, 0.2) is 30.3 Å². The van der Waals surface area contributed by atoms with E-state index in [1.54, 1.807) is 0 Å². The molecule has 0 spiro atoms. The Balaban J connectivity index is 1.91. The van der Waals surface area contributed by atoms with E-state index in [0.29, 0.717) is 6.04 Å². The van der Waals surface area contributed by atoms with Crippen LogP contribution in [0, 0.1) is 0 Å². The summed E-state index contributed by atoms with van der Waals surface area (Å²) in [6.45, 7) is 6.21. The minimum atomic E-state index is -0.722. The first-order valence-electron chi connectivity index (χ1n) is 7.91. The lowest BCUT2D eigenvalue weighted by atomic mass is 10.0. The van der Waals surface area contributed by atoms with E-state index in [-0.39, 0.29) is 6.54 Å². The van der Waals surface area contributed by atoms with Crippen LogP contribution in [0.2, 0.25) is 0 Å². The number of hydrogen-bond donors (Lipinski definition) is 1. The highest BCUT2D eigenvalue weighted by molar-refractivity contribution is 5.69. The van der Waals surface area contributed by atoms with E-state index in [9.17, 15) is 4.79 Å². The Morgan fingerprint density at radius 3 is 2.62 bits per heavy atom. The molecule has 21 heavy (non-hydrogen) atoms. The topological polar surface area (TPSA) is 43.8 Å². The number of carboxylic acid groups (broad SMARTS) is 1. The Kier molecular flexibility index (Phi) is 6.21. The molecule has 0 radical (unpaired) electrons. The maximum atomic E-state index is 10.8. The lowest BCUT2D eigenvalue weighted by molar-refractivity contribution is -0.138. The van der Waals surface area contributed by atoms with Crippen LogP contribution in [0.4, 0.5) is 0 Å². The lowest BCUT2D eigenvalue weighted by Crippen LogP contribution is -2.40. The van der Waals surface area contributed by atoms with Gasteiger partial charge in [-0.15, -0.1) is 0 Å². The highest BCUT2D eigenvalue weighted by Gasteiger charge is 2.21. The van der Waals surface area contributed by atoms with Gasteiger partial charge in [0.1, 0.15) is 0 Å². The van der Waals surface area contributed by atoms with Gasteiger partial charge in [0.05, 0.1) is 6.54 Å². The zero-order valence-corrected chi connectivity index (χ0v) is 12.9. The van der Waals surface area contributed by atoms with Crippen molar-refractivity contribution in [1.29, 1.82) is 0 Å². The second kappa shape index (κ2) is 8.15. The summed E-state index contributed by atoms with van der Waals surface area (Å²) >= 11 is 0. The molecule has 1 aliphatic heterocycles. The average Bonchev–Trinajstić information content (AvgIpc) is 2.71. The standard InChI is InChI=1S/C17H26N2O2/c1-2-16(13-15-7-4-3-5-8-15)19-10-6-9-18(11-12-19)14-17(20)21/h3-5,7-8,16H,2,6,9-14H2,1H3,(H,20,21). The molecule has 2 rings (SSSR count). The van der Waals surface area contributed by atoms with Crippen LogP contribution < -0.4 is 0 Å². The maximum Gasteiger partial charge on any atom is 0.317 e. The quantitative estimate of drug-likeness (QED) is 0.871. The first-order valence-corrected chi connectivity index (χ1v) is 7.91. The van der Waals surface area contributed by atoms with Crippen molar-refractivity contribution in [1.82, 2.24) is 9.80 Å². The Bertz CT molecular complexity index is 436. The van der Waals surface area contributed by atoms with Crippen molar-refractivity contribution < 1.29 is 9.90 Å². The largest absolute Gasteiger partial charge is 0.480 e. The van der Waals surface area contributed by atoms with Gasteiger partial charge in [-0.2, -0.15) is 0 Å². The number of rotatable bonds is 6. The molecule has 1 aromatic carbocycles. The number of carbonyl (C=O) groups is 1. The van der Waals surface area contributed by atoms with Crippen LogP contribution in [-0.4, -0.2) is 59.6 Å². The van der Waals surface area contributed by atoms with Gasteiger partial charge in [-0.25, -0.2) is 0 Å². The smallest absolute Gasteiger partial charge is 0.317 e. The molecule has 0 aromatic heterocycles. The van der Waals surface area contributed by atoms with Gasteiger partial charge >= 0.3 is 5.97 Å². The fourth-order valence-electron chi connectivity index (χ4n) is 3.12. The first kappa shape index (κ1) is 16.0. The molecule has 0 aliphatic carbocycles. The Hall–Kier alpha value is -1.39. The summed E-state index contributed by atoms with van der Waals surface area (Å²) in [6, 6.07) is 11.2. The molecule has 1 fully saturated rings. The first-order chi connectivity index (χ1) is 10.2. The maximum absolute atomic E-state index is 10.8. The van der Waals surface area contributed by atoms with Gasteiger partial charge in [0, 0.05) is 25.7 Å². The molecular weight excluding hydrogens is 264 g/mol. The summed E-state index contributed by atoms with van der Waals surface area (Å²) in [5, 5.41) is 8.92. The normalized spacial score (nSPS) is 19.1. The third-order valence-electron chi connectivity index (χ3n) is 4.28. The van der Waals surface area contributed by atoms with Gasteiger partial charge in [-0.1, -0.05) is 37.3 Å².